The number of aromatic nitrogens is 2. The molecule has 12 heavy (non-hydrogen) atoms. The van der Waals surface area contributed by atoms with E-state index in [9.17, 15) is 4.39 Å². The number of rotatable bonds is 4. The first-order valence-corrected chi connectivity index (χ1v) is 4.11. The Labute approximate surface area is 71.4 Å². The van der Waals surface area contributed by atoms with Gasteiger partial charge in [-0.25, -0.2) is 4.39 Å². The van der Waals surface area contributed by atoms with Crippen molar-refractivity contribution in [2.75, 3.05) is 0 Å². The lowest BCUT2D eigenvalue weighted by molar-refractivity contribution is 0.252. The average Bonchev–Trinajstić information content (AvgIpc) is 2.55. The van der Waals surface area contributed by atoms with Crippen molar-refractivity contribution in [3.63, 3.8) is 0 Å². The van der Waals surface area contributed by atoms with Crippen LogP contribution in [-0.4, -0.2) is 22.0 Å². The highest BCUT2D eigenvalue weighted by molar-refractivity contribution is 4.80. The fraction of sp³-hybridized carbons (Fsp3) is 0.625. The second-order valence-corrected chi connectivity index (χ2v) is 2.82. The number of nitrogens with zero attached hydrogens (tertiary/aromatic N) is 2. The molecule has 1 rings (SSSR count). The normalized spacial score (nSPS) is 15.9. The fourth-order valence-corrected chi connectivity index (χ4v) is 1.04. The first kappa shape index (κ1) is 9.19. The third-order valence-electron chi connectivity index (χ3n) is 1.81. The minimum atomic E-state index is -0.936. The number of alkyl halides is 1. The number of halogens is 1. The summed E-state index contributed by atoms with van der Waals surface area (Å²) < 4.78 is 14.6. The molecule has 0 aliphatic carbocycles. The molecule has 0 fully saturated rings. The summed E-state index contributed by atoms with van der Waals surface area (Å²) in [4.78, 5) is 0. The van der Waals surface area contributed by atoms with E-state index in [2.05, 4.69) is 5.10 Å². The number of hydrogen-bond donors (Lipinski definition) is 1. The van der Waals surface area contributed by atoms with Crippen LogP contribution in [0.15, 0.2) is 18.5 Å². The molecule has 1 aromatic rings. The van der Waals surface area contributed by atoms with Crippen LogP contribution in [0.3, 0.4) is 0 Å². The van der Waals surface area contributed by atoms with E-state index in [1.165, 1.54) is 0 Å². The SMILES string of the molecule is CC[C@H](F)[C@H](N)Cn1cccn1. The van der Waals surface area contributed by atoms with E-state index in [1.54, 1.807) is 30.1 Å². The predicted molar refractivity (Wildman–Crippen MR) is 45.4 cm³/mol. The van der Waals surface area contributed by atoms with Crippen molar-refractivity contribution in [1.29, 1.82) is 0 Å². The van der Waals surface area contributed by atoms with Gasteiger partial charge in [-0.05, 0) is 12.5 Å². The van der Waals surface area contributed by atoms with Gasteiger partial charge in [-0.15, -0.1) is 0 Å². The topological polar surface area (TPSA) is 43.8 Å². The van der Waals surface area contributed by atoms with Crippen molar-refractivity contribution in [2.45, 2.75) is 32.1 Å². The number of hydrogen-bond acceptors (Lipinski definition) is 2. The van der Waals surface area contributed by atoms with Gasteiger partial charge in [-0.3, -0.25) is 4.68 Å². The molecule has 4 heteroatoms. The minimum Gasteiger partial charge on any atom is -0.324 e. The standard InChI is InChI=1S/C8H14FN3/c1-2-7(9)8(10)6-12-5-3-4-11-12/h3-5,7-8H,2,6,10H2,1H3/t7-,8+/m0/s1. The Balaban J connectivity index is 2.41. The van der Waals surface area contributed by atoms with Gasteiger partial charge >= 0.3 is 0 Å². The van der Waals surface area contributed by atoms with E-state index in [4.69, 9.17) is 5.73 Å². The third kappa shape index (κ3) is 2.30. The van der Waals surface area contributed by atoms with E-state index < -0.39 is 12.2 Å². The molecule has 2 atom stereocenters. The highest BCUT2D eigenvalue weighted by Gasteiger charge is 2.14. The van der Waals surface area contributed by atoms with E-state index in [1.807, 2.05) is 0 Å². The molecular weight excluding hydrogens is 157 g/mol. The van der Waals surface area contributed by atoms with Gasteiger partial charge in [0.2, 0.25) is 0 Å². The molecule has 0 unspecified atom stereocenters. The van der Waals surface area contributed by atoms with Crippen LogP contribution in [-0.2, 0) is 6.54 Å². The predicted octanol–water partition coefficient (Wildman–Crippen LogP) is 0.959. The van der Waals surface area contributed by atoms with Crippen molar-refractivity contribution < 1.29 is 4.39 Å². The van der Waals surface area contributed by atoms with E-state index >= 15 is 0 Å². The Bertz CT molecular complexity index is 210. The maximum Gasteiger partial charge on any atom is 0.117 e. The average molecular weight is 171 g/mol. The molecule has 1 heterocycles. The maximum atomic E-state index is 13.0. The van der Waals surface area contributed by atoms with Crippen LogP contribution in [0, 0.1) is 0 Å². The monoisotopic (exact) mass is 171 g/mol. The van der Waals surface area contributed by atoms with Gasteiger partial charge in [0, 0.05) is 12.4 Å². The molecule has 3 nitrogen and oxygen atoms in total. The van der Waals surface area contributed by atoms with Crippen molar-refractivity contribution in [2.24, 2.45) is 5.73 Å². The molecule has 0 aliphatic rings. The van der Waals surface area contributed by atoms with Crippen LogP contribution in [0.5, 0.6) is 0 Å². The zero-order valence-electron chi connectivity index (χ0n) is 7.15. The zero-order valence-corrected chi connectivity index (χ0v) is 7.15. The Kier molecular flexibility index (Phi) is 3.22. The molecule has 0 saturated heterocycles. The summed E-state index contributed by atoms with van der Waals surface area (Å²) in [6.07, 6.45) is 2.96. The van der Waals surface area contributed by atoms with E-state index in [-0.39, 0.29) is 0 Å². The minimum absolute atomic E-state index is 0.446. The second-order valence-electron chi connectivity index (χ2n) is 2.82. The van der Waals surface area contributed by atoms with Crippen molar-refractivity contribution in [3.8, 4) is 0 Å². The third-order valence-corrected chi connectivity index (χ3v) is 1.81. The summed E-state index contributed by atoms with van der Waals surface area (Å²) in [5.74, 6) is 0. The summed E-state index contributed by atoms with van der Waals surface area (Å²) in [5, 5.41) is 3.94. The van der Waals surface area contributed by atoms with Crippen LogP contribution in [0.4, 0.5) is 4.39 Å². The molecule has 0 amide bonds. The van der Waals surface area contributed by atoms with Gasteiger partial charge in [-0.1, -0.05) is 6.92 Å². The fourth-order valence-electron chi connectivity index (χ4n) is 1.04. The Morgan fingerprint density at radius 2 is 2.42 bits per heavy atom. The van der Waals surface area contributed by atoms with E-state index in [0.717, 1.165) is 0 Å². The highest BCUT2D eigenvalue weighted by atomic mass is 19.1. The molecule has 68 valence electrons. The van der Waals surface area contributed by atoms with Gasteiger partial charge < -0.3 is 5.73 Å². The molecule has 2 N–H and O–H groups in total. The van der Waals surface area contributed by atoms with Gasteiger partial charge in [0.05, 0.1) is 12.6 Å². The van der Waals surface area contributed by atoms with Gasteiger partial charge in [-0.2, -0.15) is 5.10 Å². The molecule has 0 radical (unpaired) electrons. The van der Waals surface area contributed by atoms with Crippen LogP contribution in [0.25, 0.3) is 0 Å². The molecule has 0 saturated carbocycles. The lowest BCUT2D eigenvalue weighted by atomic mass is 10.1. The maximum absolute atomic E-state index is 13.0. The highest BCUT2D eigenvalue weighted by Crippen LogP contribution is 2.03. The van der Waals surface area contributed by atoms with Crippen LogP contribution >= 0.6 is 0 Å². The van der Waals surface area contributed by atoms with Crippen LogP contribution in [0.2, 0.25) is 0 Å². The molecule has 0 aromatic carbocycles. The molecule has 0 spiro atoms. The first-order chi connectivity index (χ1) is 5.74. The van der Waals surface area contributed by atoms with E-state index in [0.29, 0.717) is 13.0 Å². The Morgan fingerprint density at radius 3 is 2.92 bits per heavy atom. The molecule has 0 bridgehead atoms. The summed E-state index contributed by atoms with van der Waals surface area (Å²) in [5.41, 5.74) is 5.58. The smallest absolute Gasteiger partial charge is 0.117 e. The molecule has 0 aliphatic heterocycles. The van der Waals surface area contributed by atoms with Gasteiger partial charge in [0.15, 0.2) is 0 Å². The molecular formula is C8H14FN3. The van der Waals surface area contributed by atoms with Gasteiger partial charge in [0.25, 0.3) is 0 Å². The van der Waals surface area contributed by atoms with Crippen LogP contribution < -0.4 is 5.73 Å². The lowest BCUT2D eigenvalue weighted by Gasteiger charge is -2.14. The summed E-state index contributed by atoms with van der Waals surface area (Å²) >= 11 is 0. The largest absolute Gasteiger partial charge is 0.324 e. The molecule has 1 aromatic heterocycles. The Morgan fingerprint density at radius 1 is 1.67 bits per heavy atom. The summed E-state index contributed by atoms with van der Waals surface area (Å²) in [7, 11) is 0. The van der Waals surface area contributed by atoms with Gasteiger partial charge in [0.1, 0.15) is 6.17 Å². The first-order valence-electron chi connectivity index (χ1n) is 4.11. The summed E-state index contributed by atoms with van der Waals surface area (Å²) in [6.45, 7) is 2.23. The Hall–Kier alpha value is -0.900. The van der Waals surface area contributed by atoms with Crippen molar-refractivity contribution in [3.05, 3.63) is 18.5 Å². The zero-order chi connectivity index (χ0) is 8.97. The van der Waals surface area contributed by atoms with Crippen LogP contribution in [0.1, 0.15) is 13.3 Å². The summed E-state index contributed by atoms with van der Waals surface area (Å²) in [6, 6.07) is 1.35. The quantitative estimate of drug-likeness (QED) is 0.733. The number of nitrogens with two attached hydrogens (primary N) is 1. The van der Waals surface area contributed by atoms with Crippen molar-refractivity contribution in [1.82, 2.24) is 9.78 Å². The van der Waals surface area contributed by atoms with Crippen molar-refractivity contribution >= 4 is 0 Å². The second kappa shape index (κ2) is 4.21. The lowest BCUT2D eigenvalue weighted by Crippen LogP contribution is -2.35.